The molecular weight excluding hydrogens is 267 g/mol. The van der Waals surface area contributed by atoms with Crippen molar-refractivity contribution in [1.29, 1.82) is 0 Å². The Hall–Kier alpha value is -1.15. The second-order valence-corrected chi connectivity index (χ2v) is 8.25. The highest BCUT2D eigenvalue weighted by molar-refractivity contribution is 7.12. The van der Waals surface area contributed by atoms with Crippen molar-refractivity contribution >= 4 is 11.3 Å². The Bertz CT molecular complexity index is 570. The number of hydrogen-bond donors (Lipinski definition) is 0. The van der Waals surface area contributed by atoms with Gasteiger partial charge in [-0.3, -0.25) is 0 Å². The third-order valence-electron chi connectivity index (χ3n) is 3.64. The van der Waals surface area contributed by atoms with Crippen molar-refractivity contribution in [2.75, 3.05) is 0 Å². The minimum Gasteiger partial charge on any atom is -0.207 e. The molecule has 0 atom stereocenters. The molecule has 108 valence electrons. The molecule has 0 aliphatic rings. The van der Waals surface area contributed by atoms with Gasteiger partial charge in [0.2, 0.25) is 0 Å². The van der Waals surface area contributed by atoms with Crippen LogP contribution in [0.3, 0.4) is 0 Å². The van der Waals surface area contributed by atoms with Crippen molar-refractivity contribution in [2.45, 2.75) is 51.9 Å². The monoisotopic (exact) mass is 290 g/mol. The third kappa shape index (κ3) is 3.49. The second kappa shape index (κ2) is 5.33. The van der Waals surface area contributed by atoms with Gasteiger partial charge in [0.05, 0.1) is 0 Å². The largest absolute Gasteiger partial charge is 0.207 e. The van der Waals surface area contributed by atoms with E-state index in [9.17, 15) is 4.39 Å². The molecule has 0 unspecified atom stereocenters. The van der Waals surface area contributed by atoms with Crippen LogP contribution in [0.1, 0.15) is 49.9 Å². The smallest absolute Gasteiger partial charge is 0.123 e. The van der Waals surface area contributed by atoms with Crippen molar-refractivity contribution in [3.63, 3.8) is 0 Å². The summed E-state index contributed by atoms with van der Waals surface area (Å²) in [7, 11) is 0. The van der Waals surface area contributed by atoms with Gasteiger partial charge in [-0.2, -0.15) is 0 Å². The maximum atomic E-state index is 13.0. The van der Waals surface area contributed by atoms with E-state index in [-0.39, 0.29) is 16.6 Å². The molecule has 0 amide bonds. The summed E-state index contributed by atoms with van der Waals surface area (Å²) in [5.41, 5.74) is 1.42. The molecule has 0 fully saturated rings. The lowest BCUT2D eigenvalue weighted by Gasteiger charge is -2.25. The van der Waals surface area contributed by atoms with E-state index >= 15 is 0 Å². The Morgan fingerprint density at radius 1 is 0.900 bits per heavy atom. The van der Waals surface area contributed by atoms with Crippen molar-refractivity contribution < 1.29 is 4.39 Å². The van der Waals surface area contributed by atoms with E-state index in [1.807, 2.05) is 23.5 Å². The van der Waals surface area contributed by atoms with E-state index in [2.05, 4.69) is 46.8 Å². The second-order valence-electron chi connectivity index (χ2n) is 7.08. The summed E-state index contributed by atoms with van der Waals surface area (Å²) in [6.07, 6.45) is 0.985. The highest BCUT2D eigenvalue weighted by Crippen LogP contribution is 2.34. The summed E-state index contributed by atoms with van der Waals surface area (Å²) in [5, 5.41) is 0. The Kier molecular flexibility index (Phi) is 4.06. The molecule has 0 aliphatic heterocycles. The molecular formula is C18H23FS. The fourth-order valence-electron chi connectivity index (χ4n) is 2.31. The van der Waals surface area contributed by atoms with Gasteiger partial charge < -0.3 is 0 Å². The van der Waals surface area contributed by atoms with Crippen molar-refractivity contribution in [1.82, 2.24) is 0 Å². The molecule has 0 N–H and O–H groups in total. The Morgan fingerprint density at radius 2 is 1.50 bits per heavy atom. The number of thiophene rings is 1. The van der Waals surface area contributed by atoms with Gasteiger partial charge in [-0.1, -0.05) is 46.8 Å². The van der Waals surface area contributed by atoms with E-state index in [0.29, 0.717) is 0 Å². The van der Waals surface area contributed by atoms with E-state index in [0.717, 1.165) is 6.42 Å². The first-order valence-electron chi connectivity index (χ1n) is 7.04. The molecule has 0 aliphatic carbocycles. The molecule has 0 radical (unpaired) electrons. The first kappa shape index (κ1) is 15.2. The number of halogens is 1. The van der Waals surface area contributed by atoms with E-state index in [1.165, 1.54) is 15.3 Å². The van der Waals surface area contributed by atoms with Crippen molar-refractivity contribution in [2.24, 2.45) is 0 Å². The minimum absolute atomic E-state index is 0.0215. The molecule has 1 aromatic carbocycles. The standard InChI is InChI=1S/C18H23FS/c1-17(2,3)16-11-10-15(20-16)12-18(4,5)13-6-8-14(19)9-7-13/h6-11H,12H2,1-5H3. The van der Waals surface area contributed by atoms with Crippen LogP contribution < -0.4 is 0 Å². The highest BCUT2D eigenvalue weighted by atomic mass is 32.1. The number of benzene rings is 1. The van der Waals surface area contributed by atoms with Gasteiger partial charge >= 0.3 is 0 Å². The SMILES string of the molecule is CC(C)(C)c1ccc(CC(C)(C)c2ccc(F)cc2)s1. The van der Waals surface area contributed by atoms with E-state index in [1.54, 1.807) is 12.1 Å². The molecule has 0 spiro atoms. The fourth-order valence-corrected chi connectivity index (χ4v) is 3.61. The molecule has 0 bridgehead atoms. The number of rotatable bonds is 3. The van der Waals surface area contributed by atoms with Crippen LogP contribution in [0.15, 0.2) is 36.4 Å². The van der Waals surface area contributed by atoms with Crippen LogP contribution in [0, 0.1) is 5.82 Å². The zero-order valence-corrected chi connectivity index (χ0v) is 13.8. The summed E-state index contributed by atoms with van der Waals surface area (Å²) in [6.45, 7) is 11.2. The zero-order chi connectivity index (χ0) is 15.0. The molecule has 2 heteroatoms. The lowest BCUT2D eigenvalue weighted by atomic mass is 9.81. The maximum absolute atomic E-state index is 13.0. The van der Waals surface area contributed by atoms with Crippen LogP contribution in [-0.2, 0) is 17.3 Å². The molecule has 0 nitrogen and oxygen atoms in total. The highest BCUT2D eigenvalue weighted by Gasteiger charge is 2.23. The van der Waals surface area contributed by atoms with Gasteiger partial charge in [-0.25, -0.2) is 4.39 Å². The molecule has 20 heavy (non-hydrogen) atoms. The van der Waals surface area contributed by atoms with Crippen LogP contribution >= 0.6 is 11.3 Å². The molecule has 0 saturated heterocycles. The molecule has 1 heterocycles. The van der Waals surface area contributed by atoms with E-state index in [4.69, 9.17) is 0 Å². The quantitative estimate of drug-likeness (QED) is 0.679. The first-order valence-corrected chi connectivity index (χ1v) is 7.85. The normalized spacial score (nSPS) is 12.7. The summed E-state index contributed by atoms with van der Waals surface area (Å²) >= 11 is 1.89. The molecule has 1 aromatic heterocycles. The van der Waals surface area contributed by atoms with Crippen molar-refractivity contribution in [3.8, 4) is 0 Å². The van der Waals surface area contributed by atoms with Crippen LogP contribution in [-0.4, -0.2) is 0 Å². The predicted molar refractivity (Wildman–Crippen MR) is 86.1 cm³/mol. The fraction of sp³-hybridized carbons (Fsp3) is 0.444. The summed E-state index contributed by atoms with van der Waals surface area (Å²) < 4.78 is 13.0. The van der Waals surface area contributed by atoms with Gasteiger partial charge in [0, 0.05) is 9.75 Å². The summed E-state index contributed by atoms with van der Waals surface area (Å²) in [6, 6.07) is 11.4. The third-order valence-corrected chi connectivity index (χ3v) is 5.15. The predicted octanol–water partition coefficient (Wildman–Crippen LogP) is 5.71. The van der Waals surface area contributed by atoms with Gasteiger partial charge in [-0.05, 0) is 47.1 Å². The van der Waals surface area contributed by atoms with Crippen molar-refractivity contribution in [3.05, 3.63) is 57.5 Å². The molecule has 2 rings (SSSR count). The molecule has 0 saturated carbocycles. The Balaban J connectivity index is 2.19. The van der Waals surface area contributed by atoms with Gasteiger partial charge in [-0.15, -0.1) is 11.3 Å². The average molecular weight is 290 g/mol. The van der Waals surface area contributed by atoms with Crippen LogP contribution in [0.2, 0.25) is 0 Å². The maximum Gasteiger partial charge on any atom is 0.123 e. The summed E-state index contributed by atoms with van der Waals surface area (Å²) in [4.78, 5) is 2.81. The number of hydrogen-bond acceptors (Lipinski definition) is 1. The van der Waals surface area contributed by atoms with Crippen LogP contribution in [0.25, 0.3) is 0 Å². The van der Waals surface area contributed by atoms with E-state index < -0.39 is 0 Å². The Morgan fingerprint density at radius 3 is 2.00 bits per heavy atom. The lowest BCUT2D eigenvalue weighted by Crippen LogP contribution is -2.19. The zero-order valence-electron chi connectivity index (χ0n) is 13.0. The van der Waals surface area contributed by atoms with Crippen LogP contribution in [0.5, 0.6) is 0 Å². The van der Waals surface area contributed by atoms with Gasteiger partial charge in [0.1, 0.15) is 5.82 Å². The topological polar surface area (TPSA) is 0 Å². The lowest BCUT2D eigenvalue weighted by molar-refractivity contribution is 0.524. The van der Waals surface area contributed by atoms with Gasteiger partial charge in [0.15, 0.2) is 0 Å². The average Bonchev–Trinajstić information content (AvgIpc) is 2.77. The minimum atomic E-state index is -0.171. The Labute approximate surface area is 125 Å². The summed E-state index contributed by atoms with van der Waals surface area (Å²) in [5.74, 6) is -0.171. The first-order chi connectivity index (χ1) is 9.18. The van der Waals surface area contributed by atoms with Gasteiger partial charge in [0.25, 0.3) is 0 Å². The van der Waals surface area contributed by atoms with Crippen LogP contribution in [0.4, 0.5) is 4.39 Å². The molecule has 2 aromatic rings.